The van der Waals surface area contributed by atoms with Crippen molar-refractivity contribution in [2.24, 2.45) is 14.1 Å². The lowest BCUT2D eigenvalue weighted by Gasteiger charge is -2.22. The van der Waals surface area contributed by atoms with E-state index in [-0.39, 0.29) is 29.8 Å². The second-order valence-corrected chi connectivity index (χ2v) is 7.93. The Hall–Kier alpha value is -3.07. The first kappa shape index (κ1) is 20.2. The summed E-state index contributed by atoms with van der Waals surface area (Å²) in [5.41, 5.74) is 5.73. The Balaban J connectivity index is 1.60. The summed E-state index contributed by atoms with van der Waals surface area (Å²) in [7, 11) is 2.81. The van der Waals surface area contributed by atoms with Gasteiger partial charge >= 0.3 is 5.69 Å². The fraction of sp³-hybridized carbons (Fsp3) is 0.476. The van der Waals surface area contributed by atoms with E-state index in [2.05, 4.69) is 0 Å². The number of aromatic nitrogens is 2. The van der Waals surface area contributed by atoms with E-state index in [1.54, 1.807) is 0 Å². The maximum Gasteiger partial charge on any atom is 0.332 e. The number of nitrogens with one attached hydrogen (secondary N) is 1. The van der Waals surface area contributed by atoms with Crippen molar-refractivity contribution in [3.05, 3.63) is 50.2 Å². The van der Waals surface area contributed by atoms with Crippen LogP contribution in [0.1, 0.15) is 41.2 Å². The van der Waals surface area contributed by atoms with Gasteiger partial charge < -0.3 is 20.1 Å². The smallest absolute Gasteiger partial charge is 0.332 e. The number of likely N-dealkylation sites (tertiary alicyclic amines) is 1. The molecule has 3 heterocycles. The van der Waals surface area contributed by atoms with Gasteiger partial charge in [-0.25, -0.2) is 4.79 Å². The number of fused-ring (bicyclic) bond motifs is 1. The number of ketones is 1. The molecular formula is C21H27N4O5+. The Kier molecular flexibility index (Phi) is 5.38. The molecule has 0 radical (unpaired) electrons. The van der Waals surface area contributed by atoms with E-state index in [1.807, 2.05) is 18.2 Å². The van der Waals surface area contributed by atoms with E-state index >= 15 is 0 Å². The highest BCUT2D eigenvalue weighted by Crippen LogP contribution is 2.33. The highest BCUT2D eigenvalue weighted by atomic mass is 16.5. The van der Waals surface area contributed by atoms with E-state index in [9.17, 15) is 14.4 Å². The summed E-state index contributed by atoms with van der Waals surface area (Å²) in [5.74, 6) is 1.05. The number of carbonyl (C=O) groups excluding carboxylic acids is 1. The third-order valence-electron chi connectivity index (χ3n) is 6.03. The zero-order valence-corrected chi connectivity index (χ0v) is 17.3. The molecule has 2 aliphatic rings. The van der Waals surface area contributed by atoms with Gasteiger partial charge in [0.25, 0.3) is 5.56 Å². The maximum absolute atomic E-state index is 13.0. The average Bonchev–Trinajstić information content (AvgIpc) is 3.06. The van der Waals surface area contributed by atoms with Crippen molar-refractivity contribution in [2.45, 2.75) is 25.3 Å². The lowest BCUT2D eigenvalue weighted by molar-refractivity contribution is -0.910. The zero-order valence-electron chi connectivity index (χ0n) is 17.3. The van der Waals surface area contributed by atoms with Crippen molar-refractivity contribution < 1.29 is 19.2 Å². The van der Waals surface area contributed by atoms with Gasteiger partial charge in [0.1, 0.15) is 24.0 Å². The minimum atomic E-state index is -0.647. The van der Waals surface area contributed by atoms with Gasteiger partial charge in [-0.15, -0.1) is 0 Å². The molecule has 9 heteroatoms. The molecule has 4 rings (SSSR count). The first-order valence-electron chi connectivity index (χ1n) is 10.2. The molecule has 2 atom stereocenters. The molecule has 30 heavy (non-hydrogen) atoms. The first-order valence-corrected chi connectivity index (χ1v) is 10.2. The lowest BCUT2D eigenvalue weighted by Crippen LogP contribution is -3.11. The first-order chi connectivity index (χ1) is 14.4. The van der Waals surface area contributed by atoms with Crippen LogP contribution in [0.25, 0.3) is 0 Å². The predicted molar refractivity (Wildman–Crippen MR) is 110 cm³/mol. The van der Waals surface area contributed by atoms with E-state index < -0.39 is 11.2 Å². The molecule has 0 bridgehead atoms. The summed E-state index contributed by atoms with van der Waals surface area (Å²) < 4.78 is 13.6. The van der Waals surface area contributed by atoms with Crippen molar-refractivity contribution in [3.8, 4) is 11.5 Å². The molecule has 2 aromatic rings. The summed E-state index contributed by atoms with van der Waals surface area (Å²) in [6.45, 7) is 2.21. The Labute approximate surface area is 173 Å². The number of nitrogen functional groups attached to an aromatic ring is 1. The number of quaternary nitrogens is 1. The molecule has 0 aliphatic carbocycles. The lowest BCUT2D eigenvalue weighted by atomic mass is 10.0. The van der Waals surface area contributed by atoms with Crippen LogP contribution in [0.3, 0.4) is 0 Å². The van der Waals surface area contributed by atoms with E-state index in [4.69, 9.17) is 15.2 Å². The second kappa shape index (κ2) is 7.98. The van der Waals surface area contributed by atoms with Crippen LogP contribution in [0.4, 0.5) is 5.82 Å². The third kappa shape index (κ3) is 3.49. The van der Waals surface area contributed by atoms with Crippen LogP contribution in [-0.4, -0.2) is 41.2 Å². The predicted octanol–water partition coefficient (Wildman–Crippen LogP) is -0.570. The van der Waals surface area contributed by atoms with E-state index in [1.165, 1.54) is 14.1 Å². The van der Waals surface area contributed by atoms with Gasteiger partial charge in [-0.2, -0.15) is 0 Å². The fourth-order valence-corrected chi connectivity index (χ4v) is 4.34. The van der Waals surface area contributed by atoms with Gasteiger partial charge in [-0.05, 0) is 18.2 Å². The number of benzene rings is 1. The Morgan fingerprint density at radius 3 is 2.63 bits per heavy atom. The van der Waals surface area contributed by atoms with Gasteiger partial charge in [0.2, 0.25) is 5.78 Å². The molecule has 1 aromatic carbocycles. The molecule has 0 spiro atoms. The number of rotatable bonds is 4. The molecular weight excluding hydrogens is 388 g/mol. The van der Waals surface area contributed by atoms with Gasteiger partial charge in [-0.3, -0.25) is 18.7 Å². The number of anilines is 1. The van der Waals surface area contributed by atoms with Gasteiger partial charge in [0.05, 0.1) is 19.8 Å². The molecule has 0 saturated carbocycles. The second-order valence-electron chi connectivity index (χ2n) is 7.93. The maximum atomic E-state index is 13.0. The zero-order chi connectivity index (χ0) is 21.4. The highest BCUT2D eigenvalue weighted by molar-refractivity contribution is 6.00. The summed E-state index contributed by atoms with van der Waals surface area (Å²) in [5, 5.41) is 0. The summed E-state index contributed by atoms with van der Waals surface area (Å²) >= 11 is 0. The minimum Gasteiger partial charge on any atom is -0.490 e. The van der Waals surface area contributed by atoms with Gasteiger partial charge in [-0.1, -0.05) is 0 Å². The molecule has 160 valence electrons. The number of ether oxygens (including phenoxy) is 2. The monoisotopic (exact) mass is 415 g/mol. The Morgan fingerprint density at radius 1 is 1.13 bits per heavy atom. The standard InChI is InChI=1S/C21H26N4O5/c1-23-19(22)18(20(27)24(2)21(23)28)15(26)12-25-8-3-5-14(25)13-6-7-16-17(11-13)30-10-4-9-29-16/h6-7,11,14H,3-5,8-10,12,22H2,1-2H3/p+1/t14-/m1/s1. The van der Waals surface area contributed by atoms with Crippen molar-refractivity contribution in [3.63, 3.8) is 0 Å². The number of nitrogens with two attached hydrogens (primary N) is 1. The Morgan fingerprint density at radius 2 is 1.87 bits per heavy atom. The normalized spacial score (nSPS) is 20.7. The SMILES string of the molecule is Cn1c(N)c(C(=O)C[NH+]2CCC[C@@H]2c2ccc3c(c2)OCCCO3)c(=O)n(C)c1=O. The van der Waals surface area contributed by atoms with Crippen LogP contribution in [0.5, 0.6) is 11.5 Å². The van der Waals surface area contributed by atoms with Crippen LogP contribution >= 0.6 is 0 Å². The third-order valence-corrected chi connectivity index (χ3v) is 6.03. The Bertz CT molecular complexity index is 1100. The number of nitrogens with zero attached hydrogens (tertiary/aromatic N) is 2. The molecule has 1 unspecified atom stereocenters. The van der Waals surface area contributed by atoms with E-state index in [0.717, 1.165) is 56.9 Å². The minimum absolute atomic E-state index is 0.0844. The van der Waals surface area contributed by atoms with Gasteiger partial charge in [0, 0.05) is 38.9 Å². The quantitative estimate of drug-likeness (QED) is 0.648. The summed E-state index contributed by atoms with van der Waals surface area (Å²) in [6.07, 6.45) is 2.75. The van der Waals surface area contributed by atoms with Gasteiger partial charge in [0.15, 0.2) is 11.5 Å². The average molecular weight is 415 g/mol. The molecule has 0 amide bonds. The molecule has 3 N–H and O–H groups in total. The van der Waals surface area contributed by atoms with Crippen molar-refractivity contribution in [1.82, 2.24) is 9.13 Å². The van der Waals surface area contributed by atoms with Crippen LogP contribution < -0.4 is 31.4 Å². The fourth-order valence-electron chi connectivity index (χ4n) is 4.34. The van der Waals surface area contributed by atoms with Crippen molar-refractivity contribution in [2.75, 3.05) is 32.0 Å². The number of Topliss-reactive ketones (excluding diaryl/α,β-unsaturated/α-hetero) is 1. The summed E-state index contributed by atoms with van der Waals surface area (Å²) in [6, 6.07) is 6.06. The van der Waals surface area contributed by atoms with Crippen molar-refractivity contribution >= 4 is 11.6 Å². The molecule has 2 aliphatic heterocycles. The van der Waals surface area contributed by atoms with Crippen LogP contribution in [0, 0.1) is 0 Å². The molecule has 1 saturated heterocycles. The largest absolute Gasteiger partial charge is 0.490 e. The van der Waals surface area contributed by atoms with Crippen molar-refractivity contribution in [1.29, 1.82) is 0 Å². The van der Waals surface area contributed by atoms with Crippen LogP contribution in [0.15, 0.2) is 27.8 Å². The topological polar surface area (TPSA) is 110 Å². The molecule has 9 nitrogen and oxygen atoms in total. The number of hydrogen-bond acceptors (Lipinski definition) is 6. The highest BCUT2D eigenvalue weighted by Gasteiger charge is 2.34. The van der Waals surface area contributed by atoms with Crippen LogP contribution in [-0.2, 0) is 14.1 Å². The molecule has 1 fully saturated rings. The number of hydrogen-bond donors (Lipinski definition) is 2. The number of carbonyl (C=O) groups is 1. The summed E-state index contributed by atoms with van der Waals surface area (Å²) in [4.78, 5) is 38.7. The molecule has 1 aromatic heterocycles. The van der Waals surface area contributed by atoms with E-state index in [0.29, 0.717) is 13.2 Å². The van der Waals surface area contributed by atoms with Crippen LogP contribution in [0.2, 0.25) is 0 Å².